The van der Waals surface area contributed by atoms with Crippen molar-refractivity contribution in [2.75, 3.05) is 6.54 Å². The van der Waals surface area contributed by atoms with Gasteiger partial charge in [0.2, 0.25) is 11.8 Å². The molecule has 0 aromatic heterocycles. The Morgan fingerprint density at radius 1 is 1.00 bits per heavy atom. The van der Waals surface area contributed by atoms with Crippen molar-refractivity contribution in [3.05, 3.63) is 35.4 Å². The minimum Gasteiger partial charge on any atom is -0.444 e. The second kappa shape index (κ2) is 16.5. The van der Waals surface area contributed by atoms with E-state index >= 15 is 0 Å². The molecule has 0 aliphatic heterocycles. The van der Waals surface area contributed by atoms with E-state index in [9.17, 15) is 14.4 Å². The molecule has 3 amide bonds. The molecule has 0 radical (unpaired) electrons. The van der Waals surface area contributed by atoms with Crippen molar-refractivity contribution >= 4 is 17.9 Å². The molecule has 0 saturated heterocycles. The smallest absolute Gasteiger partial charge is 0.408 e. The standard InChI is InChI=1S/C32H55N3O4/c1-11-13-14-20-33-29(36)28(26-17-15-16-23(5)21-26)35(25(7)19-18-22(3)4)30(37)27(24(6)12-2)34-31(38)39-32(8,9)10/h15-17,21-22,24-25,27-28H,11-14,18-20H2,1-10H3,(H,33,36)(H,34,38). The number of ether oxygens (including phenoxy) is 1. The van der Waals surface area contributed by atoms with Gasteiger partial charge in [-0.05, 0) is 71.3 Å². The average Bonchev–Trinajstić information content (AvgIpc) is 2.84. The Hall–Kier alpha value is -2.57. The van der Waals surface area contributed by atoms with Crippen LogP contribution in [0.1, 0.15) is 118 Å². The number of aryl methyl sites for hydroxylation is 1. The number of benzene rings is 1. The lowest BCUT2D eigenvalue weighted by Crippen LogP contribution is -2.57. The number of amides is 3. The van der Waals surface area contributed by atoms with E-state index in [0.717, 1.165) is 43.2 Å². The second-order valence-corrected chi connectivity index (χ2v) is 12.4. The van der Waals surface area contributed by atoms with Gasteiger partial charge in [-0.2, -0.15) is 0 Å². The summed E-state index contributed by atoms with van der Waals surface area (Å²) in [6.45, 7) is 20.3. The summed E-state index contributed by atoms with van der Waals surface area (Å²) < 4.78 is 5.52. The first-order chi connectivity index (χ1) is 18.2. The predicted octanol–water partition coefficient (Wildman–Crippen LogP) is 6.94. The highest BCUT2D eigenvalue weighted by Crippen LogP contribution is 2.29. The number of carbonyl (C=O) groups excluding carboxylic acids is 3. The highest BCUT2D eigenvalue weighted by Gasteiger charge is 2.40. The molecule has 0 saturated carbocycles. The van der Waals surface area contributed by atoms with Gasteiger partial charge in [0.15, 0.2) is 0 Å². The Labute approximate surface area is 237 Å². The molecule has 0 bridgehead atoms. The number of alkyl carbamates (subject to hydrolysis) is 1. The minimum absolute atomic E-state index is 0.157. The van der Waals surface area contributed by atoms with Crippen LogP contribution < -0.4 is 10.6 Å². The molecule has 1 aromatic rings. The highest BCUT2D eigenvalue weighted by atomic mass is 16.6. The maximum Gasteiger partial charge on any atom is 0.408 e. The van der Waals surface area contributed by atoms with Crippen LogP contribution in [0.3, 0.4) is 0 Å². The Balaban J connectivity index is 3.59. The van der Waals surface area contributed by atoms with Crippen LogP contribution in [0.5, 0.6) is 0 Å². The number of hydrogen-bond acceptors (Lipinski definition) is 4. The molecule has 4 atom stereocenters. The first-order valence-corrected chi connectivity index (χ1v) is 14.9. The van der Waals surface area contributed by atoms with Gasteiger partial charge in [0.1, 0.15) is 17.7 Å². The third-order valence-corrected chi connectivity index (χ3v) is 7.01. The molecule has 1 rings (SSSR count). The third-order valence-electron chi connectivity index (χ3n) is 7.01. The van der Waals surface area contributed by atoms with E-state index in [1.54, 1.807) is 25.7 Å². The molecule has 2 N–H and O–H groups in total. The lowest BCUT2D eigenvalue weighted by Gasteiger charge is -2.40. The fourth-order valence-electron chi connectivity index (χ4n) is 4.55. The predicted molar refractivity (Wildman–Crippen MR) is 159 cm³/mol. The van der Waals surface area contributed by atoms with Gasteiger partial charge >= 0.3 is 6.09 Å². The van der Waals surface area contributed by atoms with Gasteiger partial charge in [-0.15, -0.1) is 0 Å². The molecule has 0 spiro atoms. The molecule has 0 aliphatic rings. The molecule has 0 aliphatic carbocycles. The van der Waals surface area contributed by atoms with E-state index in [1.165, 1.54) is 0 Å². The Morgan fingerprint density at radius 3 is 2.21 bits per heavy atom. The van der Waals surface area contributed by atoms with E-state index in [4.69, 9.17) is 4.74 Å². The van der Waals surface area contributed by atoms with E-state index < -0.39 is 23.8 Å². The summed E-state index contributed by atoms with van der Waals surface area (Å²) in [4.78, 5) is 42.9. The van der Waals surface area contributed by atoms with E-state index in [-0.39, 0.29) is 23.8 Å². The van der Waals surface area contributed by atoms with Crippen molar-refractivity contribution in [1.29, 1.82) is 0 Å². The molecule has 0 fully saturated rings. The average molecular weight is 546 g/mol. The number of rotatable bonds is 15. The first-order valence-electron chi connectivity index (χ1n) is 14.9. The quantitative estimate of drug-likeness (QED) is 0.234. The van der Waals surface area contributed by atoms with Crippen LogP contribution in [-0.2, 0) is 14.3 Å². The molecule has 7 heteroatoms. The van der Waals surface area contributed by atoms with Crippen LogP contribution in [0.2, 0.25) is 0 Å². The summed E-state index contributed by atoms with van der Waals surface area (Å²) in [5.41, 5.74) is 1.09. The summed E-state index contributed by atoms with van der Waals surface area (Å²) >= 11 is 0. The lowest BCUT2D eigenvalue weighted by molar-refractivity contribution is -0.146. The van der Waals surface area contributed by atoms with Crippen LogP contribution in [0.25, 0.3) is 0 Å². The number of unbranched alkanes of at least 4 members (excludes halogenated alkanes) is 2. The van der Waals surface area contributed by atoms with Crippen molar-refractivity contribution in [3.8, 4) is 0 Å². The van der Waals surface area contributed by atoms with Gasteiger partial charge in [-0.3, -0.25) is 9.59 Å². The van der Waals surface area contributed by atoms with Crippen molar-refractivity contribution in [3.63, 3.8) is 0 Å². The zero-order valence-electron chi connectivity index (χ0n) is 26.2. The van der Waals surface area contributed by atoms with Gasteiger partial charge in [0.05, 0.1) is 0 Å². The van der Waals surface area contributed by atoms with E-state index in [0.29, 0.717) is 18.9 Å². The molecule has 222 valence electrons. The SMILES string of the molecule is CCCCCNC(=O)C(c1cccc(C)c1)N(C(=O)C(NC(=O)OC(C)(C)C)C(C)CC)C(C)CCC(C)C. The molecule has 4 unspecified atom stereocenters. The van der Waals surface area contributed by atoms with Crippen LogP contribution >= 0.6 is 0 Å². The van der Waals surface area contributed by atoms with Gasteiger partial charge in [-0.25, -0.2) is 4.79 Å². The zero-order valence-corrected chi connectivity index (χ0v) is 26.2. The van der Waals surface area contributed by atoms with Gasteiger partial charge < -0.3 is 20.3 Å². The van der Waals surface area contributed by atoms with Crippen molar-refractivity contribution in [2.45, 2.75) is 131 Å². The normalized spacial score (nSPS) is 14.7. The summed E-state index contributed by atoms with van der Waals surface area (Å²) in [5, 5.41) is 5.96. The van der Waals surface area contributed by atoms with Crippen molar-refractivity contribution in [2.24, 2.45) is 11.8 Å². The van der Waals surface area contributed by atoms with Crippen LogP contribution in [0.4, 0.5) is 4.79 Å². The largest absolute Gasteiger partial charge is 0.444 e. The van der Waals surface area contributed by atoms with Crippen LogP contribution in [0, 0.1) is 18.8 Å². The summed E-state index contributed by atoms with van der Waals surface area (Å²) in [5.74, 6) is -0.158. The summed E-state index contributed by atoms with van der Waals surface area (Å²) in [6.07, 6.45) is 4.67. The van der Waals surface area contributed by atoms with Crippen LogP contribution in [-0.4, -0.2) is 47.0 Å². The lowest BCUT2D eigenvalue weighted by atomic mass is 9.93. The number of carbonyl (C=O) groups is 3. The van der Waals surface area contributed by atoms with Gasteiger partial charge in [0, 0.05) is 12.6 Å². The molecular formula is C32H55N3O4. The number of nitrogens with one attached hydrogen (secondary N) is 2. The van der Waals surface area contributed by atoms with Crippen LogP contribution in [0.15, 0.2) is 24.3 Å². The minimum atomic E-state index is -0.827. The summed E-state index contributed by atoms with van der Waals surface area (Å²) in [6, 6.07) is 5.94. The maximum atomic E-state index is 14.5. The van der Waals surface area contributed by atoms with Crippen molar-refractivity contribution < 1.29 is 19.1 Å². The Bertz CT molecular complexity index is 909. The molecule has 1 aromatic carbocycles. The summed E-state index contributed by atoms with van der Waals surface area (Å²) in [7, 11) is 0. The maximum absolute atomic E-state index is 14.5. The molecule has 0 heterocycles. The zero-order chi connectivity index (χ0) is 29.8. The fraction of sp³-hybridized carbons (Fsp3) is 0.719. The Morgan fingerprint density at radius 2 is 1.67 bits per heavy atom. The van der Waals surface area contributed by atoms with E-state index in [2.05, 4.69) is 31.4 Å². The topological polar surface area (TPSA) is 87.7 Å². The van der Waals surface area contributed by atoms with E-state index in [1.807, 2.05) is 52.0 Å². The third kappa shape index (κ3) is 12.0. The fourth-order valence-corrected chi connectivity index (χ4v) is 4.55. The molecule has 39 heavy (non-hydrogen) atoms. The molecule has 7 nitrogen and oxygen atoms in total. The van der Waals surface area contributed by atoms with Gasteiger partial charge in [0.25, 0.3) is 0 Å². The van der Waals surface area contributed by atoms with Crippen molar-refractivity contribution in [1.82, 2.24) is 15.5 Å². The molecular weight excluding hydrogens is 490 g/mol. The Kier molecular flexibility index (Phi) is 14.6. The second-order valence-electron chi connectivity index (χ2n) is 12.4. The highest BCUT2D eigenvalue weighted by molar-refractivity contribution is 5.92. The van der Waals surface area contributed by atoms with Gasteiger partial charge in [-0.1, -0.05) is 83.7 Å². The first kappa shape index (κ1) is 34.5. The monoisotopic (exact) mass is 545 g/mol. The number of nitrogens with zero attached hydrogens (tertiary/aromatic N) is 1. The number of hydrogen-bond donors (Lipinski definition) is 2.